The van der Waals surface area contributed by atoms with E-state index >= 15 is 0 Å². The van der Waals surface area contributed by atoms with Gasteiger partial charge in [-0.25, -0.2) is 34.9 Å². The molecule has 0 unspecified atom stereocenters. The fourth-order valence-corrected chi connectivity index (χ4v) is 13.3. The minimum atomic E-state index is 0.633. The zero-order chi connectivity index (χ0) is 68.3. The zero-order valence-electron chi connectivity index (χ0n) is 55.9. The fourth-order valence-electron chi connectivity index (χ4n) is 13.3. The highest BCUT2D eigenvalue weighted by Crippen LogP contribution is 2.40. The Labute approximate surface area is 591 Å². The Kier molecular flexibility index (Phi) is 16.6. The number of nitrogens with zero attached hydrogens (tertiary/aromatic N) is 9. The van der Waals surface area contributed by atoms with E-state index in [4.69, 9.17) is 44.9 Å². The molecule has 6 heterocycles. The van der Waals surface area contributed by atoms with Gasteiger partial charge >= 0.3 is 0 Å². The molecule has 12 aromatic carbocycles. The van der Waals surface area contributed by atoms with Crippen LogP contribution in [0.1, 0.15) is 11.4 Å². The van der Waals surface area contributed by atoms with E-state index in [1.54, 1.807) is 0 Å². The van der Waals surface area contributed by atoms with Gasteiger partial charge in [0.25, 0.3) is 0 Å². The van der Waals surface area contributed by atoms with Gasteiger partial charge < -0.3 is 0 Å². The molecule has 0 saturated carbocycles. The SMILES string of the molecule is Cc1ccc2ccc3c(-c4ccc(-c5cccc(-c6nc(-c7ccccc7)cc(-c7ccccc7)n6)c5)cc4)cc(-c4ccccc4)nc3c2n1.Cc1ccc2ccc3c(-c4ccc(-c5cccc(-c6nc(-c7ccccc7)nc(-c7ccccc7)n6)c5)cc4)cc(-c4ccccc4)nc3c2n1. The van der Waals surface area contributed by atoms with Crippen molar-refractivity contribution in [1.82, 2.24) is 44.9 Å². The van der Waals surface area contributed by atoms with E-state index < -0.39 is 0 Å². The summed E-state index contributed by atoms with van der Waals surface area (Å²) in [6, 6.07) is 119. The number of aryl methyl sites for hydroxylation is 2. The standard InChI is InChI=1S/C47H32N4.C46H31N5/c1-31-20-21-37-26-27-40-41(29-42(34-12-5-2-6-13-34)49-46(40)45(37)48-31)33-24-22-32(23-25-33)38-18-11-19-39(28-38)47-50-43(35-14-7-3-8-15-35)30-44(51-47)36-16-9-4-10-17-36;1-30-20-21-34-26-27-39-40(29-41(33-12-5-2-6-13-33)48-43(39)42(34)47-30)32-24-22-31(23-25-32)37-18-11-19-38(28-37)46-50-44(35-14-7-3-8-15-35)49-45(51-46)36-16-9-4-10-17-36/h2-30H,1H3;2-29H,1H3. The fraction of sp³-hybridized carbons (Fsp3) is 0.0215. The molecule has 0 aliphatic rings. The molecule has 0 radical (unpaired) electrons. The summed E-state index contributed by atoms with van der Waals surface area (Å²) in [5.41, 5.74) is 26.2. The molecule has 18 aromatic rings. The zero-order valence-corrected chi connectivity index (χ0v) is 55.9. The maximum atomic E-state index is 5.18. The molecule has 0 amide bonds. The van der Waals surface area contributed by atoms with Gasteiger partial charge in [-0.3, -0.25) is 9.97 Å². The van der Waals surface area contributed by atoms with Crippen LogP contribution in [0.15, 0.2) is 346 Å². The van der Waals surface area contributed by atoms with Crippen molar-refractivity contribution < 1.29 is 0 Å². The van der Waals surface area contributed by atoms with Gasteiger partial charge in [0.15, 0.2) is 23.3 Å². The van der Waals surface area contributed by atoms with Gasteiger partial charge in [0, 0.05) is 77.4 Å². The van der Waals surface area contributed by atoms with Crippen molar-refractivity contribution in [3.63, 3.8) is 0 Å². The normalized spacial score (nSPS) is 11.2. The molecule has 0 spiro atoms. The summed E-state index contributed by atoms with van der Waals surface area (Å²) in [5, 5.41) is 4.33. The first-order valence-corrected chi connectivity index (χ1v) is 34.1. The summed E-state index contributed by atoms with van der Waals surface area (Å²) in [6.45, 7) is 4.06. The quantitative estimate of drug-likeness (QED) is 0.110. The second kappa shape index (κ2) is 27.4. The minimum Gasteiger partial charge on any atom is -0.251 e. The summed E-state index contributed by atoms with van der Waals surface area (Å²) < 4.78 is 0. The molecule has 0 fully saturated rings. The molecule has 6 aromatic heterocycles. The smallest absolute Gasteiger partial charge is 0.164 e. The summed E-state index contributed by atoms with van der Waals surface area (Å²) in [6.07, 6.45) is 0. The van der Waals surface area contributed by atoms with E-state index in [2.05, 4.69) is 237 Å². The predicted octanol–water partition coefficient (Wildman–Crippen LogP) is 23.2. The highest BCUT2D eigenvalue weighted by molar-refractivity contribution is 6.11. The number of benzene rings is 12. The Balaban J connectivity index is 0.000000152. The molecule has 0 aliphatic carbocycles. The second-order valence-electron chi connectivity index (χ2n) is 25.4. The molecule has 0 atom stereocenters. The molecular formula is C93H63N9. The first-order chi connectivity index (χ1) is 50.3. The summed E-state index contributed by atoms with van der Waals surface area (Å²) in [4.78, 5) is 45.1. The van der Waals surface area contributed by atoms with Gasteiger partial charge in [-0.2, -0.15) is 0 Å². The van der Waals surface area contributed by atoms with Crippen LogP contribution in [0.4, 0.5) is 0 Å². The lowest BCUT2D eigenvalue weighted by molar-refractivity contribution is 1.07. The van der Waals surface area contributed by atoms with E-state index in [-0.39, 0.29) is 0 Å². The van der Waals surface area contributed by atoms with Crippen LogP contribution in [0.3, 0.4) is 0 Å². The highest BCUT2D eigenvalue weighted by Gasteiger charge is 2.19. The molecule has 480 valence electrons. The Bertz CT molecular complexity index is 5610. The van der Waals surface area contributed by atoms with Crippen molar-refractivity contribution in [2.45, 2.75) is 13.8 Å². The molecule has 18 rings (SSSR count). The maximum absolute atomic E-state index is 5.18. The van der Waals surface area contributed by atoms with Gasteiger partial charge in [-0.1, -0.05) is 303 Å². The number of hydrogen-bond acceptors (Lipinski definition) is 9. The largest absolute Gasteiger partial charge is 0.251 e. The molecule has 0 saturated heterocycles. The number of aromatic nitrogens is 9. The number of pyridine rings is 4. The van der Waals surface area contributed by atoms with Crippen LogP contribution in [0.5, 0.6) is 0 Å². The van der Waals surface area contributed by atoms with Crippen LogP contribution in [0.2, 0.25) is 0 Å². The van der Waals surface area contributed by atoms with Gasteiger partial charge in [0.05, 0.1) is 44.8 Å². The lowest BCUT2D eigenvalue weighted by Gasteiger charge is -2.13. The summed E-state index contributed by atoms with van der Waals surface area (Å²) in [5.74, 6) is 2.62. The Morgan fingerprint density at radius 1 is 0.167 bits per heavy atom. The van der Waals surface area contributed by atoms with Crippen LogP contribution < -0.4 is 0 Å². The van der Waals surface area contributed by atoms with Gasteiger partial charge in [-0.05, 0) is 101 Å². The van der Waals surface area contributed by atoms with Gasteiger partial charge in [0.2, 0.25) is 0 Å². The monoisotopic (exact) mass is 1310 g/mol. The van der Waals surface area contributed by atoms with Gasteiger partial charge in [-0.15, -0.1) is 0 Å². The van der Waals surface area contributed by atoms with Crippen molar-refractivity contribution in [3.05, 3.63) is 357 Å². The molecule has 9 heteroatoms. The summed E-state index contributed by atoms with van der Waals surface area (Å²) in [7, 11) is 0. The third-order valence-corrected chi connectivity index (χ3v) is 18.6. The number of hydrogen-bond donors (Lipinski definition) is 0. The maximum Gasteiger partial charge on any atom is 0.164 e. The molecule has 0 bridgehead atoms. The average molecular weight is 1310 g/mol. The van der Waals surface area contributed by atoms with Crippen LogP contribution >= 0.6 is 0 Å². The summed E-state index contributed by atoms with van der Waals surface area (Å²) >= 11 is 0. The Morgan fingerprint density at radius 2 is 0.451 bits per heavy atom. The van der Waals surface area contributed by atoms with E-state index in [1.165, 1.54) is 0 Å². The molecule has 9 nitrogen and oxygen atoms in total. The third kappa shape index (κ3) is 12.7. The first kappa shape index (κ1) is 61.9. The van der Waals surface area contributed by atoms with Crippen molar-refractivity contribution in [1.29, 1.82) is 0 Å². The van der Waals surface area contributed by atoms with Crippen molar-refractivity contribution in [3.8, 4) is 135 Å². The third-order valence-electron chi connectivity index (χ3n) is 18.6. The average Bonchev–Trinajstić information content (AvgIpc) is 0.763. The lowest BCUT2D eigenvalue weighted by Crippen LogP contribution is -2.00. The second-order valence-corrected chi connectivity index (χ2v) is 25.4. The topological polar surface area (TPSA) is 116 Å². The minimum absolute atomic E-state index is 0.633. The van der Waals surface area contributed by atoms with Crippen LogP contribution in [-0.4, -0.2) is 44.9 Å². The first-order valence-electron chi connectivity index (χ1n) is 34.1. The van der Waals surface area contributed by atoms with Gasteiger partial charge in [0.1, 0.15) is 0 Å². The number of fused-ring (bicyclic) bond motifs is 6. The van der Waals surface area contributed by atoms with E-state index in [0.29, 0.717) is 23.3 Å². The van der Waals surface area contributed by atoms with Crippen LogP contribution in [0.25, 0.3) is 179 Å². The lowest BCUT2D eigenvalue weighted by atomic mass is 9.95. The Morgan fingerprint density at radius 3 is 0.814 bits per heavy atom. The molecule has 0 N–H and O–H groups in total. The molecule has 102 heavy (non-hydrogen) atoms. The van der Waals surface area contributed by atoms with Crippen LogP contribution in [-0.2, 0) is 0 Å². The van der Waals surface area contributed by atoms with Crippen molar-refractivity contribution in [2.75, 3.05) is 0 Å². The molecular weight excluding hydrogens is 1240 g/mol. The van der Waals surface area contributed by atoms with E-state index in [0.717, 1.165) is 167 Å². The van der Waals surface area contributed by atoms with E-state index in [1.807, 2.05) is 123 Å². The highest BCUT2D eigenvalue weighted by atomic mass is 15.0. The number of rotatable bonds is 12. The van der Waals surface area contributed by atoms with Crippen molar-refractivity contribution >= 4 is 43.6 Å². The predicted molar refractivity (Wildman–Crippen MR) is 418 cm³/mol. The van der Waals surface area contributed by atoms with Crippen LogP contribution in [0, 0.1) is 13.8 Å². The molecule has 0 aliphatic heterocycles. The van der Waals surface area contributed by atoms with E-state index in [9.17, 15) is 0 Å². The Hall–Kier alpha value is -13.6. The van der Waals surface area contributed by atoms with Crippen molar-refractivity contribution in [2.24, 2.45) is 0 Å².